The number of aromatic nitrogens is 1. The quantitative estimate of drug-likeness (QED) is 0.668. The molecule has 0 fully saturated rings. The maximum atomic E-state index is 10.7. The number of amides is 1. The predicted molar refractivity (Wildman–Crippen MR) is 60.7 cm³/mol. The van der Waals surface area contributed by atoms with Gasteiger partial charge >= 0.3 is 0 Å². The van der Waals surface area contributed by atoms with E-state index in [9.17, 15) is 4.79 Å². The molecule has 1 unspecified atom stereocenters. The van der Waals surface area contributed by atoms with E-state index in [1.165, 1.54) is 0 Å². The van der Waals surface area contributed by atoms with Gasteiger partial charge < -0.3 is 16.4 Å². The Bertz CT molecular complexity index is 340. The second-order valence-corrected chi connectivity index (χ2v) is 3.43. The molecule has 0 saturated heterocycles. The second-order valence-electron chi connectivity index (χ2n) is 3.43. The number of rotatable bonds is 5. The van der Waals surface area contributed by atoms with Crippen LogP contribution in [0, 0.1) is 0 Å². The maximum Gasteiger partial charge on any atom is 0.219 e. The molecule has 0 aliphatic rings. The van der Waals surface area contributed by atoms with Gasteiger partial charge in [0.1, 0.15) is 0 Å². The summed E-state index contributed by atoms with van der Waals surface area (Å²) in [6.45, 7) is 1.90. The summed E-state index contributed by atoms with van der Waals surface area (Å²) in [5.41, 5.74) is 6.89. The molecule has 5 heteroatoms. The minimum absolute atomic E-state index is 0.0106. The Hall–Kier alpha value is -1.78. The molecule has 82 valence electrons. The van der Waals surface area contributed by atoms with E-state index in [1.807, 2.05) is 20.0 Å². The van der Waals surface area contributed by atoms with Crippen molar-refractivity contribution in [1.29, 1.82) is 0 Å². The minimum atomic E-state index is -0.312. The molecular weight excluding hydrogens is 192 g/mol. The molecule has 5 nitrogen and oxygen atoms in total. The van der Waals surface area contributed by atoms with Gasteiger partial charge in [-0.25, -0.2) is 0 Å². The van der Waals surface area contributed by atoms with Crippen LogP contribution in [0.2, 0.25) is 0 Å². The summed E-state index contributed by atoms with van der Waals surface area (Å²) in [5.74, 6) is -0.312. The van der Waals surface area contributed by atoms with Gasteiger partial charge in [0, 0.05) is 19.5 Å². The average molecular weight is 208 g/mol. The van der Waals surface area contributed by atoms with Gasteiger partial charge in [-0.1, -0.05) is 0 Å². The molecule has 0 aliphatic carbocycles. The van der Waals surface area contributed by atoms with Crippen LogP contribution in [0.4, 0.5) is 11.4 Å². The molecule has 4 N–H and O–H groups in total. The number of nitrogens with two attached hydrogens (primary N) is 1. The number of carbonyl (C=O) groups excluding carboxylic acids is 1. The molecule has 15 heavy (non-hydrogen) atoms. The van der Waals surface area contributed by atoms with Crippen molar-refractivity contribution in [3.05, 3.63) is 18.5 Å². The monoisotopic (exact) mass is 208 g/mol. The SMILES string of the molecule is CNc1cncc(NC(C)CC(N)=O)c1. The van der Waals surface area contributed by atoms with Crippen LogP contribution in [0.25, 0.3) is 0 Å². The van der Waals surface area contributed by atoms with Crippen molar-refractivity contribution < 1.29 is 4.79 Å². The van der Waals surface area contributed by atoms with E-state index in [2.05, 4.69) is 15.6 Å². The zero-order valence-corrected chi connectivity index (χ0v) is 8.95. The van der Waals surface area contributed by atoms with Crippen molar-refractivity contribution in [2.75, 3.05) is 17.7 Å². The molecule has 0 spiro atoms. The average Bonchev–Trinajstić information content (AvgIpc) is 2.16. The van der Waals surface area contributed by atoms with Crippen LogP contribution < -0.4 is 16.4 Å². The second kappa shape index (κ2) is 5.19. The highest BCUT2D eigenvalue weighted by molar-refractivity contribution is 5.75. The zero-order chi connectivity index (χ0) is 11.3. The lowest BCUT2D eigenvalue weighted by Gasteiger charge is -2.13. The number of primary amides is 1. The van der Waals surface area contributed by atoms with Crippen molar-refractivity contribution in [2.24, 2.45) is 5.73 Å². The number of pyridine rings is 1. The van der Waals surface area contributed by atoms with E-state index in [4.69, 9.17) is 5.73 Å². The van der Waals surface area contributed by atoms with Crippen molar-refractivity contribution in [3.63, 3.8) is 0 Å². The Balaban J connectivity index is 2.59. The van der Waals surface area contributed by atoms with E-state index in [1.54, 1.807) is 12.4 Å². The minimum Gasteiger partial charge on any atom is -0.387 e. The van der Waals surface area contributed by atoms with Crippen LogP contribution in [0.3, 0.4) is 0 Å². The van der Waals surface area contributed by atoms with Crippen LogP contribution in [0.15, 0.2) is 18.5 Å². The first-order valence-electron chi connectivity index (χ1n) is 4.79. The fourth-order valence-corrected chi connectivity index (χ4v) is 1.29. The molecule has 0 bridgehead atoms. The van der Waals surface area contributed by atoms with Crippen LogP contribution in [-0.2, 0) is 4.79 Å². The summed E-state index contributed by atoms with van der Waals surface area (Å²) >= 11 is 0. The van der Waals surface area contributed by atoms with Crippen molar-refractivity contribution in [3.8, 4) is 0 Å². The fraction of sp³-hybridized carbons (Fsp3) is 0.400. The van der Waals surface area contributed by atoms with Gasteiger partial charge in [-0.05, 0) is 13.0 Å². The van der Waals surface area contributed by atoms with Crippen LogP contribution in [0.5, 0.6) is 0 Å². The Kier molecular flexibility index (Phi) is 3.91. The third-order valence-electron chi connectivity index (χ3n) is 1.95. The Morgan fingerprint density at radius 2 is 2.20 bits per heavy atom. The molecule has 1 atom stereocenters. The van der Waals surface area contributed by atoms with Gasteiger partial charge in [0.25, 0.3) is 0 Å². The smallest absolute Gasteiger partial charge is 0.219 e. The summed E-state index contributed by atoms with van der Waals surface area (Å²) < 4.78 is 0. The van der Waals surface area contributed by atoms with Crippen molar-refractivity contribution in [2.45, 2.75) is 19.4 Å². The maximum absolute atomic E-state index is 10.7. The number of nitrogens with zero attached hydrogens (tertiary/aromatic N) is 1. The third kappa shape index (κ3) is 3.84. The molecule has 1 amide bonds. The zero-order valence-electron chi connectivity index (χ0n) is 8.95. The van der Waals surface area contributed by atoms with E-state index >= 15 is 0 Å². The number of nitrogens with one attached hydrogen (secondary N) is 2. The summed E-state index contributed by atoms with van der Waals surface area (Å²) in [6.07, 6.45) is 3.74. The Morgan fingerprint density at radius 3 is 2.80 bits per heavy atom. The first kappa shape index (κ1) is 11.3. The highest BCUT2D eigenvalue weighted by atomic mass is 16.1. The largest absolute Gasteiger partial charge is 0.387 e. The molecule has 0 saturated carbocycles. The van der Waals surface area contributed by atoms with E-state index in [-0.39, 0.29) is 11.9 Å². The number of hydrogen-bond donors (Lipinski definition) is 3. The summed E-state index contributed by atoms with van der Waals surface area (Å²) in [4.78, 5) is 14.7. The van der Waals surface area contributed by atoms with Gasteiger partial charge in [0.15, 0.2) is 0 Å². The Labute approximate surface area is 89.1 Å². The van der Waals surface area contributed by atoms with E-state index < -0.39 is 0 Å². The molecule has 1 aromatic heterocycles. The van der Waals surface area contributed by atoms with Gasteiger partial charge in [-0.15, -0.1) is 0 Å². The van der Waals surface area contributed by atoms with Crippen molar-refractivity contribution >= 4 is 17.3 Å². The van der Waals surface area contributed by atoms with Gasteiger partial charge in [0.2, 0.25) is 5.91 Å². The highest BCUT2D eigenvalue weighted by Gasteiger charge is 2.05. The molecule has 0 radical (unpaired) electrons. The standard InChI is InChI=1S/C10H16N4O/c1-7(3-10(11)15)14-9-4-8(12-2)5-13-6-9/h4-7,12,14H,3H2,1-2H3,(H2,11,15). The van der Waals surface area contributed by atoms with Crippen LogP contribution in [0.1, 0.15) is 13.3 Å². The fourth-order valence-electron chi connectivity index (χ4n) is 1.29. The normalized spacial score (nSPS) is 11.9. The molecule has 0 aromatic carbocycles. The Morgan fingerprint density at radius 1 is 1.53 bits per heavy atom. The summed E-state index contributed by atoms with van der Waals surface area (Å²) in [5, 5.41) is 6.13. The van der Waals surface area contributed by atoms with Gasteiger partial charge in [-0.2, -0.15) is 0 Å². The van der Waals surface area contributed by atoms with Gasteiger partial charge in [0.05, 0.1) is 23.8 Å². The summed E-state index contributed by atoms with van der Waals surface area (Å²) in [6, 6.07) is 1.93. The molecule has 1 rings (SSSR count). The highest BCUT2D eigenvalue weighted by Crippen LogP contribution is 2.13. The van der Waals surface area contributed by atoms with E-state index in [0.29, 0.717) is 6.42 Å². The van der Waals surface area contributed by atoms with Crippen molar-refractivity contribution in [1.82, 2.24) is 4.98 Å². The molecule has 1 aromatic rings. The first-order chi connectivity index (χ1) is 7.11. The number of anilines is 2. The topological polar surface area (TPSA) is 80.0 Å². The lowest BCUT2D eigenvalue weighted by Crippen LogP contribution is -2.24. The number of carbonyl (C=O) groups is 1. The predicted octanol–water partition coefficient (Wildman–Crippen LogP) is 0.799. The third-order valence-corrected chi connectivity index (χ3v) is 1.95. The van der Waals surface area contributed by atoms with Crippen LogP contribution >= 0.6 is 0 Å². The molecule has 1 heterocycles. The lowest BCUT2D eigenvalue weighted by atomic mass is 10.2. The van der Waals surface area contributed by atoms with Crippen LogP contribution in [-0.4, -0.2) is 24.0 Å². The molecule has 0 aliphatic heterocycles. The van der Waals surface area contributed by atoms with E-state index in [0.717, 1.165) is 11.4 Å². The van der Waals surface area contributed by atoms with Gasteiger partial charge in [-0.3, -0.25) is 9.78 Å². The lowest BCUT2D eigenvalue weighted by molar-refractivity contribution is -0.118. The summed E-state index contributed by atoms with van der Waals surface area (Å²) in [7, 11) is 1.83. The molecular formula is C10H16N4O. The first-order valence-corrected chi connectivity index (χ1v) is 4.79. The number of hydrogen-bond acceptors (Lipinski definition) is 4.